The van der Waals surface area contributed by atoms with Crippen molar-refractivity contribution < 1.29 is 62.6 Å². The van der Waals surface area contributed by atoms with Crippen LogP contribution in [0.5, 0.6) is 11.5 Å². The van der Waals surface area contributed by atoms with Gasteiger partial charge in [-0.15, -0.1) is 0 Å². The van der Waals surface area contributed by atoms with Gasteiger partial charge in [-0.1, -0.05) is 0 Å². The summed E-state index contributed by atoms with van der Waals surface area (Å²) in [5.41, 5.74) is -0.850. The number of ether oxygens (including phenoxy) is 1. The molecule has 1 atom stereocenters. The number of rotatable bonds is 6. The Morgan fingerprint density at radius 1 is 0.833 bits per heavy atom. The first-order valence-corrected chi connectivity index (χ1v) is 12.7. The third-order valence-electron chi connectivity index (χ3n) is 5.96. The molecule has 4 N–H and O–H groups in total. The van der Waals surface area contributed by atoms with Crippen LogP contribution in [0.15, 0.2) is 70.6 Å². The van der Waals surface area contributed by atoms with Crippen LogP contribution >= 0.6 is 0 Å². The number of nitrogens with one attached hydrogen (secondary N) is 1. The summed E-state index contributed by atoms with van der Waals surface area (Å²) in [6.07, 6.45) is -14.8. The summed E-state index contributed by atoms with van der Waals surface area (Å²) in [6, 6.07) is 3.21. The van der Waals surface area contributed by atoms with Crippen molar-refractivity contribution in [2.75, 3.05) is 0 Å². The number of carboxylic acid groups (broad SMARTS) is 1. The fourth-order valence-electron chi connectivity index (χ4n) is 3.93. The second kappa shape index (κ2) is 10.2. The molecule has 0 bridgehead atoms. The highest BCUT2D eigenvalue weighted by Crippen LogP contribution is 2.47. The molecule has 0 fully saturated rings. The van der Waals surface area contributed by atoms with E-state index in [0.717, 1.165) is 24.4 Å². The SMILES string of the molecule is N[C@@H](C(=O)O)c1cc(C(F)(F)F)c(Oc2ccc3[nH]cc(S(=O)(=O)c4ccc(C(F)(F)F)cc4)c3c2)c(C(F)(F)F)c1. The fraction of sp³-hybridized carbons (Fsp3) is 0.160. The maximum atomic E-state index is 13.9. The molecule has 3 aromatic carbocycles. The first kappa shape index (κ1) is 30.7. The highest BCUT2D eigenvalue weighted by molar-refractivity contribution is 7.91. The van der Waals surface area contributed by atoms with Crippen LogP contribution in [-0.2, 0) is 33.2 Å². The lowest BCUT2D eigenvalue weighted by molar-refractivity contribution is -0.146. The van der Waals surface area contributed by atoms with Crippen molar-refractivity contribution >= 4 is 26.7 Å². The maximum absolute atomic E-state index is 13.9. The Labute approximate surface area is 229 Å². The normalized spacial score (nSPS) is 13.8. The molecule has 4 rings (SSSR count). The van der Waals surface area contributed by atoms with Crippen LogP contribution < -0.4 is 10.5 Å². The summed E-state index contributed by atoms with van der Waals surface area (Å²) in [5.74, 6) is -4.33. The van der Waals surface area contributed by atoms with Crippen LogP contribution in [-0.4, -0.2) is 24.5 Å². The Balaban J connectivity index is 1.85. The van der Waals surface area contributed by atoms with Crippen molar-refractivity contribution in [3.63, 3.8) is 0 Å². The van der Waals surface area contributed by atoms with Gasteiger partial charge >= 0.3 is 24.5 Å². The van der Waals surface area contributed by atoms with E-state index in [0.29, 0.717) is 24.3 Å². The molecule has 1 aromatic heterocycles. The Bertz CT molecular complexity index is 1740. The molecule has 0 radical (unpaired) electrons. The molecule has 0 amide bonds. The molecule has 0 saturated carbocycles. The highest BCUT2D eigenvalue weighted by atomic mass is 32.2. The lowest BCUT2D eigenvalue weighted by atomic mass is 9.98. The molecule has 17 heteroatoms. The number of carbonyl (C=O) groups is 1. The molecule has 0 aliphatic heterocycles. The third kappa shape index (κ3) is 5.87. The molecule has 0 aliphatic carbocycles. The number of fused-ring (bicyclic) bond motifs is 1. The number of carboxylic acids is 1. The second-order valence-corrected chi connectivity index (χ2v) is 10.7. The zero-order valence-electron chi connectivity index (χ0n) is 20.3. The van der Waals surface area contributed by atoms with E-state index < -0.39 is 83.9 Å². The quantitative estimate of drug-likeness (QED) is 0.200. The summed E-state index contributed by atoms with van der Waals surface area (Å²) in [4.78, 5) is 12.6. The molecule has 224 valence electrons. The third-order valence-corrected chi connectivity index (χ3v) is 7.77. The Morgan fingerprint density at radius 3 is 1.86 bits per heavy atom. The van der Waals surface area contributed by atoms with E-state index in [4.69, 9.17) is 15.6 Å². The number of aromatic amines is 1. The van der Waals surface area contributed by atoms with E-state index in [2.05, 4.69) is 4.98 Å². The zero-order valence-corrected chi connectivity index (χ0v) is 21.1. The van der Waals surface area contributed by atoms with Crippen LogP contribution in [0, 0.1) is 0 Å². The van der Waals surface area contributed by atoms with E-state index in [1.807, 2.05) is 0 Å². The Morgan fingerprint density at radius 2 is 1.38 bits per heavy atom. The maximum Gasteiger partial charge on any atom is 0.420 e. The zero-order chi connectivity index (χ0) is 31.4. The van der Waals surface area contributed by atoms with E-state index in [1.165, 1.54) is 0 Å². The first-order valence-electron chi connectivity index (χ1n) is 11.2. The minimum Gasteiger partial charge on any atom is -0.480 e. The molecule has 0 aliphatic rings. The number of nitrogens with two attached hydrogens (primary N) is 1. The molecular formula is C25H15F9N2O5S. The molecule has 0 spiro atoms. The highest BCUT2D eigenvalue weighted by Gasteiger charge is 2.44. The number of aliphatic carboxylic acids is 1. The monoisotopic (exact) mass is 626 g/mol. The molecule has 7 nitrogen and oxygen atoms in total. The number of hydrogen-bond donors (Lipinski definition) is 3. The average Bonchev–Trinajstić information content (AvgIpc) is 3.30. The minimum absolute atomic E-state index is 0.0442. The number of alkyl halides is 9. The predicted molar refractivity (Wildman–Crippen MR) is 126 cm³/mol. The molecular weight excluding hydrogens is 611 g/mol. The van der Waals surface area contributed by atoms with Gasteiger partial charge in [-0.25, -0.2) is 8.42 Å². The van der Waals surface area contributed by atoms with Gasteiger partial charge in [-0.3, -0.25) is 4.79 Å². The summed E-state index contributed by atoms with van der Waals surface area (Å²) in [7, 11) is -4.54. The summed E-state index contributed by atoms with van der Waals surface area (Å²) < 4.78 is 153. The summed E-state index contributed by atoms with van der Waals surface area (Å²) in [5, 5.41) is 8.75. The van der Waals surface area contributed by atoms with Crippen molar-refractivity contribution in [3.8, 4) is 11.5 Å². The molecule has 1 heterocycles. The first-order chi connectivity index (χ1) is 19.2. The van der Waals surface area contributed by atoms with Crippen LogP contribution in [0.4, 0.5) is 39.5 Å². The predicted octanol–water partition coefficient (Wildman–Crippen LogP) is 6.93. The van der Waals surface area contributed by atoms with Crippen LogP contribution in [0.2, 0.25) is 0 Å². The standard InChI is InChI=1S/C25H15F9N2O5S/c26-23(27,28)12-1-4-14(5-2-12)42(39,40)19-10-36-18-6-3-13(9-15(18)19)41-21-16(24(29,30)31)7-11(20(35)22(37)38)8-17(21)25(32,33)34/h1-10,20,36H,35H2,(H,37,38)/t20-/m1/s1. The molecule has 4 aromatic rings. The van der Waals surface area contributed by atoms with Crippen LogP contribution in [0.1, 0.15) is 28.3 Å². The number of halogens is 9. The van der Waals surface area contributed by atoms with Gasteiger partial charge in [0.05, 0.1) is 26.5 Å². The van der Waals surface area contributed by atoms with Gasteiger partial charge < -0.3 is 20.6 Å². The molecule has 42 heavy (non-hydrogen) atoms. The van der Waals surface area contributed by atoms with Gasteiger partial charge in [-0.2, -0.15) is 39.5 Å². The van der Waals surface area contributed by atoms with Gasteiger partial charge in [-0.05, 0) is 60.2 Å². The largest absolute Gasteiger partial charge is 0.480 e. The fourth-order valence-corrected chi connectivity index (χ4v) is 5.35. The topological polar surface area (TPSA) is 122 Å². The van der Waals surface area contributed by atoms with Gasteiger partial charge in [0.2, 0.25) is 9.84 Å². The van der Waals surface area contributed by atoms with Crippen molar-refractivity contribution in [1.82, 2.24) is 4.98 Å². The van der Waals surface area contributed by atoms with E-state index >= 15 is 0 Å². The number of aromatic nitrogens is 1. The smallest absolute Gasteiger partial charge is 0.420 e. The van der Waals surface area contributed by atoms with Gasteiger partial charge in [0, 0.05) is 17.1 Å². The lowest BCUT2D eigenvalue weighted by Gasteiger charge is -2.21. The second-order valence-electron chi connectivity index (χ2n) is 8.74. The number of H-pyrrole nitrogens is 1. The summed E-state index contributed by atoms with van der Waals surface area (Å²) >= 11 is 0. The van der Waals surface area contributed by atoms with Crippen LogP contribution in [0.25, 0.3) is 10.9 Å². The van der Waals surface area contributed by atoms with Crippen molar-refractivity contribution in [2.45, 2.75) is 34.4 Å². The number of benzene rings is 3. The van der Waals surface area contributed by atoms with E-state index in [-0.39, 0.29) is 23.0 Å². The van der Waals surface area contributed by atoms with Crippen molar-refractivity contribution in [2.24, 2.45) is 5.73 Å². The lowest BCUT2D eigenvalue weighted by Crippen LogP contribution is -2.23. The summed E-state index contributed by atoms with van der Waals surface area (Å²) in [6.45, 7) is 0. The van der Waals surface area contributed by atoms with Crippen LogP contribution in [0.3, 0.4) is 0 Å². The van der Waals surface area contributed by atoms with Crippen molar-refractivity contribution in [3.05, 3.63) is 83.0 Å². The van der Waals surface area contributed by atoms with E-state index in [9.17, 15) is 52.7 Å². The number of hydrogen-bond acceptors (Lipinski definition) is 5. The number of sulfone groups is 1. The molecule has 0 saturated heterocycles. The molecule has 0 unspecified atom stereocenters. The van der Waals surface area contributed by atoms with Gasteiger partial charge in [0.15, 0.2) is 5.75 Å². The Hall–Kier alpha value is -4.25. The van der Waals surface area contributed by atoms with Gasteiger partial charge in [0.25, 0.3) is 0 Å². The van der Waals surface area contributed by atoms with E-state index in [1.54, 1.807) is 0 Å². The van der Waals surface area contributed by atoms with Crippen molar-refractivity contribution in [1.29, 1.82) is 0 Å². The Kier molecular flexibility index (Phi) is 7.48. The minimum atomic E-state index is -5.49. The van der Waals surface area contributed by atoms with Gasteiger partial charge in [0.1, 0.15) is 11.8 Å². The average molecular weight is 626 g/mol.